The first-order valence-corrected chi connectivity index (χ1v) is 5.59. The zero-order valence-corrected chi connectivity index (χ0v) is 9.55. The normalized spacial score (nSPS) is 33.8. The van der Waals surface area contributed by atoms with Gasteiger partial charge in [-0.1, -0.05) is 24.3 Å². The SMILES string of the molecule is C[C@@H]1C[C@@H](C)OC2=CC=CC=C[C@@H]2C(=O)O1. The summed E-state index contributed by atoms with van der Waals surface area (Å²) in [4.78, 5) is 11.8. The van der Waals surface area contributed by atoms with Crippen molar-refractivity contribution >= 4 is 5.97 Å². The Morgan fingerprint density at radius 3 is 2.69 bits per heavy atom. The van der Waals surface area contributed by atoms with Crippen LogP contribution in [0.2, 0.25) is 0 Å². The number of esters is 1. The van der Waals surface area contributed by atoms with Crippen LogP contribution < -0.4 is 0 Å². The fourth-order valence-corrected chi connectivity index (χ4v) is 1.96. The molecule has 0 aromatic heterocycles. The highest BCUT2D eigenvalue weighted by atomic mass is 16.6. The molecular formula is C13H16O3. The van der Waals surface area contributed by atoms with Gasteiger partial charge in [-0.15, -0.1) is 0 Å². The third kappa shape index (κ3) is 2.35. The summed E-state index contributed by atoms with van der Waals surface area (Å²) in [6.07, 6.45) is 9.93. The molecular weight excluding hydrogens is 204 g/mol. The lowest BCUT2D eigenvalue weighted by molar-refractivity contribution is -0.155. The molecule has 0 bridgehead atoms. The zero-order valence-electron chi connectivity index (χ0n) is 9.55. The van der Waals surface area contributed by atoms with Crippen LogP contribution in [0.4, 0.5) is 0 Å². The van der Waals surface area contributed by atoms with Gasteiger partial charge in [0.15, 0.2) is 0 Å². The van der Waals surface area contributed by atoms with Crippen molar-refractivity contribution < 1.29 is 14.3 Å². The maximum absolute atomic E-state index is 11.8. The van der Waals surface area contributed by atoms with Crippen LogP contribution in [0.25, 0.3) is 0 Å². The Morgan fingerprint density at radius 2 is 1.88 bits per heavy atom. The highest BCUT2D eigenvalue weighted by molar-refractivity contribution is 5.78. The maximum Gasteiger partial charge on any atom is 0.320 e. The van der Waals surface area contributed by atoms with E-state index >= 15 is 0 Å². The van der Waals surface area contributed by atoms with E-state index < -0.39 is 5.92 Å². The van der Waals surface area contributed by atoms with E-state index in [2.05, 4.69) is 0 Å². The minimum absolute atomic E-state index is 0.0664. The largest absolute Gasteiger partial charge is 0.494 e. The number of hydrogen-bond acceptors (Lipinski definition) is 3. The number of ether oxygens (including phenoxy) is 2. The fraction of sp³-hybridized carbons (Fsp3) is 0.462. The highest BCUT2D eigenvalue weighted by Crippen LogP contribution is 2.25. The lowest BCUT2D eigenvalue weighted by Gasteiger charge is -2.27. The Balaban J connectivity index is 2.27. The predicted molar refractivity (Wildman–Crippen MR) is 60.6 cm³/mol. The fourth-order valence-electron chi connectivity index (χ4n) is 1.96. The van der Waals surface area contributed by atoms with Gasteiger partial charge in [0.25, 0.3) is 0 Å². The van der Waals surface area contributed by atoms with Gasteiger partial charge in [-0.3, -0.25) is 4.79 Å². The number of rotatable bonds is 0. The number of allylic oxidation sites excluding steroid dienone is 4. The van der Waals surface area contributed by atoms with Crippen LogP contribution in [-0.4, -0.2) is 18.2 Å². The molecule has 3 nitrogen and oxygen atoms in total. The van der Waals surface area contributed by atoms with Crippen molar-refractivity contribution in [1.29, 1.82) is 0 Å². The topological polar surface area (TPSA) is 35.5 Å². The molecule has 1 aliphatic carbocycles. The van der Waals surface area contributed by atoms with Gasteiger partial charge >= 0.3 is 5.97 Å². The first-order valence-electron chi connectivity index (χ1n) is 5.59. The second-order valence-corrected chi connectivity index (χ2v) is 4.23. The molecule has 86 valence electrons. The van der Waals surface area contributed by atoms with Crippen molar-refractivity contribution in [3.05, 3.63) is 36.1 Å². The van der Waals surface area contributed by atoms with E-state index in [1.54, 1.807) is 0 Å². The van der Waals surface area contributed by atoms with Gasteiger partial charge < -0.3 is 9.47 Å². The molecule has 16 heavy (non-hydrogen) atoms. The van der Waals surface area contributed by atoms with Crippen molar-refractivity contribution in [2.75, 3.05) is 0 Å². The molecule has 3 atom stereocenters. The average Bonchev–Trinajstić information content (AvgIpc) is 2.40. The molecule has 3 heteroatoms. The van der Waals surface area contributed by atoms with E-state index in [-0.39, 0.29) is 18.2 Å². The summed E-state index contributed by atoms with van der Waals surface area (Å²) >= 11 is 0. The number of hydrogen-bond donors (Lipinski definition) is 0. The highest BCUT2D eigenvalue weighted by Gasteiger charge is 2.29. The van der Waals surface area contributed by atoms with Gasteiger partial charge in [0, 0.05) is 6.42 Å². The van der Waals surface area contributed by atoms with Crippen LogP contribution in [0, 0.1) is 5.92 Å². The smallest absolute Gasteiger partial charge is 0.320 e. The Bertz CT molecular complexity index is 365. The molecule has 2 rings (SSSR count). The van der Waals surface area contributed by atoms with E-state index in [4.69, 9.17) is 9.47 Å². The second-order valence-electron chi connectivity index (χ2n) is 4.23. The first-order chi connectivity index (χ1) is 7.66. The van der Waals surface area contributed by atoms with Gasteiger partial charge in [0.05, 0.1) is 6.10 Å². The van der Waals surface area contributed by atoms with Crippen LogP contribution in [0.15, 0.2) is 36.1 Å². The quantitative estimate of drug-likeness (QED) is 0.588. The summed E-state index contributed by atoms with van der Waals surface area (Å²) in [7, 11) is 0. The summed E-state index contributed by atoms with van der Waals surface area (Å²) in [6.45, 7) is 3.89. The molecule has 2 aliphatic rings. The first kappa shape index (κ1) is 11.0. The second kappa shape index (κ2) is 4.56. The van der Waals surface area contributed by atoms with Crippen molar-refractivity contribution in [2.45, 2.75) is 32.5 Å². The van der Waals surface area contributed by atoms with E-state index in [1.807, 2.05) is 44.2 Å². The Morgan fingerprint density at radius 1 is 1.12 bits per heavy atom. The maximum atomic E-state index is 11.8. The molecule has 0 spiro atoms. The molecule has 0 aromatic carbocycles. The number of carbonyl (C=O) groups excluding carboxylic acids is 1. The third-order valence-corrected chi connectivity index (χ3v) is 2.67. The van der Waals surface area contributed by atoms with Gasteiger partial charge in [0.1, 0.15) is 17.8 Å². The van der Waals surface area contributed by atoms with E-state index in [1.165, 1.54) is 0 Å². The summed E-state index contributed by atoms with van der Waals surface area (Å²) in [5.74, 6) is 0.0419. The molecule has 1 heterocycles. The summed E-state index contributed by atoms with van der Waals surface area (Å²) in [5, 5.41) is 0. The molecule has 0 amide bonds. The molecule has 0 saturated carbocycles. The molecule has 1 fully saturated rings. The standard InChI is InChI=1S/C13H16O3/c1-9-8-10(2)16-13(14)11-6-4-3-5-7-12(11)15-9/h3-7,9-11H,8H2,1-2H3/t9-,10-,11+/m1/s1. The zero-order chi connectivity index (χ0) is 11.5. The summed E-state index contributed by atoms with van der Waals surface area (Å²) < 4.78 is 11.1. The van der Waals surface area contributed by atoms with Crippen LogP contribution in [-0.2, 0) is 14.3 Å². The van der Waals surface area contributed by atoms with Gasteiger partial charge in [-0.25, -0.2) is 0 Å². The van der Waals surface area contributed by atoms with Crippen molar-refractivity contribution in [1.82, 2.24) is 0 Å². The molecule has 1 saturated heterocycles. The van der Waals surface area contributed by atoms with Crippen LogP contribution in [0.5, 0.6) is 0 Å². The Labute approximate surface area is 95.4 Å². The minimum Gasteiger partial charge on any atom is -0.494 e. The molecule has 1 aliphatic heterocycles. The minimum atomic E-state index is -0.403. The van der Waals surface area contributed by atoms with Crippen molar-refractivity contribution in [2.24, 2.45) is 5.92 Å². The summed E-state index contributed by atoms with van der Waals surface area (Å²) in [6, 6.07) is 0. The van der Waals surface area contributed by atoms with Crippen molar-refractivity contribution in [3.8, 4) is 0 Å². The van der Waals surface area contributed by atoms with E-state index in [0.29, 0.717) is 5.76 Å². The van der Waals surface area contributed by atoms with E-state index in [0.717, 1.165) is 6.42 Å². The number of cyclic esters (lactones) is 1. The number of fused-ring (bicyclic) bond motifs is 1. The monoisotopic (exact) mass is 220 g/mol. The van der Waals surface area contributed by atoms with Crippen LogP contribution in [0.1, 0.15) is 20.3 Å². The van der Waals surface area contributed by atoms with Crippen LogP contribution >= 0.6 is 0 Å². The van der Waals surface area contributed by atoms with Crippen LogP contribution in [0.3, 0.4) is 0 Å². The van der Waals surface area contributed by atoms with Gasteiger partial charge in [-0.2, -0.15) is 0 Å². The Kier molecular flexibility index (Phi) is 3.13. The van der Waals surface area contributed by atoms with Gasteiger partial charge in [0.2, 0.25) is 0 Å². The van der Waals surface area contributed by atoms with Crippen molar-refractivity contribution in [3.63, 3.8) is 0 Å². The lowest BCUT2D eigenvalue weighted by atomic mass is 10.1. The molecule has 0 radical (unpaired) electrons. The molecule has 0 N–H and O–H groups in total. The third-order valence-electron chi connectivity index (χ3n) is 2.67. The molecule has 0 unspecified atom stereocenters. The average molecular weight is 220 g/mol. The number of carbonyl (C=O) groups is 1. The summed E-state index contributed by atoms with van der Waals surface area (Å²) in [5.41, 5.74) is 0. The van der Waals surface area contributed by atoms with Gasteiger partial charge in [-0.05, 0) is 19.9 Å². The van der Waals surface area contributed by atoms with E-state index in [9.17, 15) is 4.79 Å². The lowest BCUT2D eigenvalue weighted by Crippen LogP contribution is -2.31. The predicted octanol–water partition coefficient (Wildman–Crippen LogP) is 2.35. The Hall–Kier alpha value is -1.51. The molecule has 0 aromatic rings.